The molecule has 0 saturated carbocycles. The standard InChI is InChI=1S/C19H23F3N6O4/c1-3-4-8-27-13-14(24-17(27)26-10-6-23-7-11-26)28(18(31)25(2)15(13)29)9-5-12-32-16(30)19(20,21)22/h23H,5-12H2,1-2H3. The largest absolute Gasteiger partial charge is 0.490 e. The summed E-state index contributed by atoms with van der Waals surface area (Å²) in [6.07, 6.45) is -5.16. The number of piperazine rings is 1. The Bertz CT molecular complexity index is 1180. The second kappa shape index (κ2) is 9.47. The summed E-state index contributed by atoms with van der Waals surface area (Å²) in [6.45, 7) is 3.94. The highest BCUT2D eigenvalue weighted by Crippen LogP contribution is 2.21. The van der Waals surface area contributed by atoms with Gasteiger partial charge in [0.2, 0.25) is 5.95 Å². The van der Waals surface area contributed by atoms with Crippen LogP contribution in [0.3, 0.4) is 0 Å². The van der Waals surface area contributed by atoms with E-state index in [1.165, 1.54) is 11.6 Å². The molecule has 1 aliphatic heterocycles. The van der Waals surface area contributed by atoms with Gasteiger partial charge in [-0.15, -0.1) is 5.92 Å². The van der Waals surface area contributed by atoms with Crippen LogP contribution in [-0.2, 0) is 29.7 Å². The van der Waals surface area contributed by atoms with E-state index in [9.17, 15) is 27.6 Å². The Morgan fingerprint density at radius 1 is 1.22 bits per heavy atom. The number of carbonyl (C=O) groups excluding carboxylic acids is 1. The van der Waals surface area contributed by atoms with E-state index in [1.54, 1.807) is 11.5 Å². The third-order valence-electron chi connectivity index (χ3n) is 5.01. The molecular formula is C19H23F3N6O4. The van der Waals surface area contributed by atoms with Crippen molar-refractivity contribution >= 4 is 23.1 Å². The summed E-state index contributed by atoms with van der Waals surface area (Å²) in [7, 11) is 1.32. The maximum atomic E-state index is 12.9. The molecule has 1 aliphatic rings. The van der Waals surface area contributed by atoms with E-state index in [1.807, 2.05) is 4.90 Å². The van der Waals surface area contributed by atoms with Gasteiger partial charge in [0.25, 0.3) is 5.56 Å². The lowest BCUT2D eigenvalue weighted by atomic mass is 10.4. The first-order valence-electron chi connectivity index (χ1n) is 9.96. The molecule has 13 heteroatoms. The number of halogens is 3. The first kappa shape index (κ1) is 23.4. The molecule has 1 N–H and O–H groups in total. The molecule has 1 fully saturated rings. The fraction of sp³-hybridized carbons (Fsp3) is 0.579. The van der Waals surface area contributed by atoms with Gasteiger partial charge in [-0.2, -0.15) is 18.2 Å². The molecule has 0 spiro atoms. The molecule has 3 rings (SSSR count). The predicted octanol–water partition coefficient (Wildman–Crippen LogP) is -0.175. The number of hydrogen-bond donors (Lipinski definition) is 1. The van der Waals surface area contributed by atoms with E-state index in [-0.39, 0.29) is 30.7 Å². The number of esters is 1. The van der Waals surface area contributed by atoms with Gasteiger partial charge >= 0.3 is 17.8 Å². The van der Waals surface area contributed by atoms with Crippen molar-refractivity contribution in [1.82, 2.24) is 24.0 Å². The zero-order chi connectivity index (χ0) is 23.5. The minimum absolute atomic E-state index is 0.0698. The zero-order valence-corrected chi connectivity index (χ0v) is 17.7. The van der Waals surface area contributed by atoms with Gasteiger partial charge in [0.1, 0.15) is 0 Å². The van der Waals surface area contributed by atoms with Gasteiger partial charge in [-0.3, -0.25) is 18.5 Å². The number of carbonyl (C=O) groups is 1. The fourth-order valence-corrected chi connectivity index (χ4v) is 3.43. The molecule has 0 atom stereocenters. The highest BCUT2D eigenvalue weighted by molar-refractivity contribution is 5.76. The summed E-state index contributed by atoms with van der Waals surface area (Å²) < 4.78 is 44.9. The van der Waals surface area contributed by atoms with Gasteiger partial charge in [0, 0.05) is 39.8 Å². The summed E-state index contributed by atoms with van der Waals surface area (Å²) in [5.41, 5.74) is -0.915. The Morgan fingerprint density at radius 3 is 2.53 bits per heavy atom. The predicted molar refractivity (Wildman–Crippen MR) is 109 cm³/mol. The van der Waals surface area contributed by atoms with Crippen LogP contribution in [0.25, 0.3) is 11.2 Å². The van der Waals surface area contributed by atoms with Crippen molar-refractivity contribution in [3.05, 3.63) is 20.8 Å². The Hall–Kier alpha value is -3.27. The summed E-state index contributed by atoms with van der Waals surface area (Å²) in [4.78, 5) is 43.1. The van der Waals surface area contributed by atoms with Gasteiger partial charge < -0.3 is 15.0 Å². The zero-order valence-electron chi connectivity index (χ0n) is 17.7. The third-order valence-corrected chi connectivity index (χ3v) is 5.01. The van der Waals surface area contributed by atoms with Crippen molar-refractivity contribution in [2.75, 3.05) is 37.7 Å². The van der Waals surface area contributed by atoms with Gasteiger partial charge in [-0.1, -0.05) is 5.92 Å². The molecule has 0 amide bonds. The van der Waals surface area contributed by atoms with Crippen LogP contribution in [0.5, 0.6) is 0 Å². The summed E-state index contributed by atoms with van der Waals surface area (Å²) in [5, 5.41) is 3.23. The van der Waals surface area contributed by atoms with Crippen LogP contribution in [0, 0.1) is 11.8 Å². The van der Waals surface area contributed by atoms with Crippen molar-refractivity contribution in [2.45, 2.75) is 32.6 Å². The van der Waals surface area contributed by atoms with E-state index in [2.05, 4.69) is 26.9 Å². The summed E-state index contributed by atoms with van der Waals surface area (Å²) in [6, 6.07) is 0. The SMILES string of the molecule is CC#CCn1c(N2CCNCC2)nc2c1c(=O)n(C)c(=O)n2CCCOC(=O)C(F)(F)F. The Labute approximate surface area is 180 Å². The second-order valence-electron chi connectivity index (χ2n) is 7.12. The highest BCUT2D eigenvalue weighted by Gasteiger charge is 2.40. The van der Waals surface area contributed by atoms with Gasteiger partial charge in [0.05, 0.1) is 13.2 Å². The molecule has 1 saturated heterocycles. The summed E-state index contributed by atoms with van der Waals surface area (Å²) >= 11 is 0. The maximum Gasteiger partial charge on any atom is 0.490 e. The number of ether oxygens (including phenoxy) is 1. The number of imidazole rings is 1. The number of nitrogens with zero attached hydrogens (tertiary/aromatic N) is 5. The normalized spacial score (nSPS) is 14.3. The number of alkyl halides is 3. The van der Waals surface area contributed by atoms with Crippen molar-refractivity contribution < 1.29 is 22.7 Å². The van der Waals surface area contributed by atoms with Crippen molar-refractivity contribution in [1.29, 1.82) is 0 Å². The molecule has 0 radical (unpaired) electrons. The molecule has 0 unspecified atom stereocenters. The minimum atomic E-state index is -5.09. The van der Waals surface area contributed by atoms with Gasteiger partial charge in [0.15, 0.2) is 11.2 Å². The van der Waals surface area contributed by atoms with Crippen molar-refractivity contribution in [3.8, 4) is 11.8 Å². The Balaban J connectivity index is 2.01. The average Bonchev–Trinajstić information content (AvgIpc) is 3.14. The first-order chi connectivity index (χ1) is 15.2. The van der Waals surface area contributed by atoms with Crippen LogP contribution in [0.1, 0.15) is 13.3 Å². The van der Waals surface area contributed by atoms with Crippen LogP contribution in [0.15, 0.2) is 9.59 Å². The Morgan fingerprint density at radius 2 is 1.91 bits per heavy atom. The second-order valence-corrected chi connectivity index (χ2v) is 7.12. The van der Waals surface area contributed by atoms with Crippen LogP contribution >= 0.6 is 0 Å². The number of hydrogen-bond acceptors (Lipinski definition) is 7. The van der Waals surface area contributed by atoms with Gasteiger partial charge in [-0.05, 0) is 13.3 Å². The van der Waals surface area contributed by atoms with Crippen LogP contribution in [-0.4, -0.2) is 63.6 Å². The van der Waals surface area contributed by atoms with Gasteiger partial charge in [-0.25, -0.2) is 9.59 Å². The topological polar surface area (TPSA) is 103 Å². The monoisotopic (exact) mass is 456 g/mol. The van der Waals surface area contributed by atoms with E-state index in [0.29, 0.717) is 19.0 Å². The minimum Gasteiger partial charge on any atom is -0.459 e. The fourth-order valence-electron chi connectivity index (χ4n) is 3.43. The lowest BCUT2D eigenvalue weighted by Crippen LogP contribution is -2.44. The smallest absolute Gasteiger partial charge is 0.459 e. The van der Waals surface area contributed by atoms with E-state index >= 15 is 0 Å². The number of aryl methyl sites for hydroxylation is 1. The molecule has 0 bridgehead atoms. The molecule has 2 aromatic rings. The van der Waals surface area contributed by atoms with E-state index < -0.39 is 30.0 Å². The third kappa shape index (κ3) is 4.64. The molecule has 10 nitrogen and oxygen atoms in total. The molecule has 0 aromatic carbocycles. The molecule has 2 aromatic heterocycles. The molecule has 174 valence electrons. The number of rotatable bonds is 6. The van der Waals surface area contributed by atoms with Crippen molar-refractivity contribution in [2.24, 2.45) is 7.05 Å². The Kier molecular flexibility index (Phi) is 6.93. The number of aromatic nitrogens is 4. The molecular weight excluding hydrogens is 433 g/mol. The number of nitrogens with one attached hydrogen (secondary N) is 1. The lowest BCUT2D eigenvalue weighted by Gasteiger charge is -2.28. The van der Waals surface area contributed by atoms with Crippen LogP contribution in [0.4, 0.5) is 19.1 Å². The van der Waals surface area contributed by atoms with Crippen LogP contribution in [0.2, 0.25) is 0 Å². The van der Waals surface area contributed by atoms with E-state index in [0.717, 1.165) is 17.7 Å². The summed E-state index contributed by atoms with van der Waals surface area (Å²) in [5.74, 6) is 3.89. The number of fused-ring (bicyclic) bond motifs is 1. The maximum absolute atomic E-state index is 12.9. The molecule has 3 heterocycles. The lowest BCUT2D eigenvalue weighted by molar-refractivity contribution is -0.199. The quantitative estimate of drug-likeness (QED) is 0.366. The highest BCUT2D eigenvalue weighted by atomic mass is 19.4. The van der Waals surface area contributed by atoms with E-state index in [4.69, 9.17) is 0 Å². The van der Waals surface area contributed by atoms with Crippen LogP contribution < -0.4 is 21.5 Å². The van der Waals surface area contributed by atoms with Crippen molar-refractivity contribution in [3.63, 3.8) is 0 Å². The first-order valence-corrected chi connectivity index (χ1v) is 9.96. The average molecular weight is 456 g/mol. The molecule has 32 heavy (non-hydrogen) atoms. The number of anilines is 1. The molecule has 0 aliphatic carbocycles.